The number of hydrogen-bond donors (Lipinski definition) is 2. The van der Waals surface area contributed by atoms with Crippen LogP contribution in [0.3, 0.4) is 0 Å². The summed E-state index contributed by atoms with van der Waals surface area (Å²) in [5, 5.41) is 13.7. The summed E-state index contributed by atoms with van der Waals surface area (Å²) in [5.74, 6) is 0.756. The van der Waals surface area contributed by atoms with Crippen molar-refractivity contribution >= 4 is 17.2 Å². The molecular weight excluding hydrogens is 300 g/mol. The molecule has 118 valence electrons. The van der Waals surface area contributed by atoms with Gasteiger partial charge < -0.3 is 15.2 Å². The van der Waals surface area contributed by atoms with E-state index in [1.165, 1.54) is 11.3 Å². The molecule has 0 spiro atoms. The Morgan fingerprint density at radius 2 is 2.36 bits per heavy atom. The van der Waals surface area contributed by atoms with Crippen LogP contribution < -0.4 is 10.1 Å². The first-order valence-electron chi connectivity index (χ1n) is 7.18. The van der Waals surface area contributed by atoms with Crippen LogP contribution in [0.25, 0.3) is 0 Å². The molecule has 0 aliphatic heterocycles. The van der Waals surface area contributed by atoms with E-state index in [2.05, 4.69) is 10.3 Å². The van der Waals surface area contributed by atoms with Gasteiger partial charge in [0.2, 0.25) is 0 Å². The van der Waals surface area contributed by atoms with Crippen molar-refractivity contribution in [3.63, 3.8) is 0 Å². The molecular formula is C16H20N2O3S. The first-order chi connectivity index (χ1) is 10.7. The Morgan fingerprint density at radius 3 is 3.09 bits per heavy atom. The van der Waals surface area contributed by atoms with Gasteiger partial charge in [0.05, 0.1) is 11.2 Å². The molecule has 22 heavy (non-hydrogen) atoms. The van der Waals surface area contributed by atoms with E-state index in [-0.39, 0.29) is 18.4 Å². The van der Waals surface area contributed by atoms with Crippen LogP contribution in [0.4, 0.5) is 0 Å². The van der Waals surface area contributed by atoms with Crippen molar-refractivity contribution in [1.82, 2.24) is 10.3 Å². The Morgan fingerprint density at radius 1 is 1.50 bits per heavy atom. The van der Waals surface area contributed by atoms with Gasteiger partial charge in [-0.15, -0.1) is 11.3 Å². The highest BCUT2D eigenvalue weighted by Gasteiger charge is 2.09. The number of thiazole rings is 1. The Labute approximate surface area is 134 Å². The number of nitrogens with zero attached hydrogens (tertiary/aromatic N) is 1. The minimum Gasteiger partial charge on any atom is -0.487 e. The quantitative estimate of drug-likeness (QED) is 0.784. The van der Waals surface area contributed by atoms with Crippen molar-refractivity contribution in [2.45, 2.75) is 20.0 Å². The average Bonchev–Trinajstić information content (AvgIpc) is 3.04. The highest BCUT2D eigenvalue weighted by Crippen LogP contribution is 2.15. The lowest BCUT2D eigenvalue weighted by molar-refractivity contribution is 0.0945. The van der Waals surface area contributed by atoms with Crippen molar-refractivity contribution in [2.75, 3.05) is 13.2 Å². The van der Waals surface area contributed by atoms with Gasteiger partial charge in [0.25, 0.3) is 5.91 Å². The molecule has 1 heterocycles. The van der Waals surface area contributed by atoms with Crippen molar-refractivity contribution in [1.29, 1.82) is 0 Å². The van der Waals surface area contributed by atoms with Crippen LogP contribution in [0.5, 0.6) is 5.75 Å². The van der Waals surface area contributed by atoms with Crippen LogP contribution in [0, 0.1) is 5.92 Å². The number of rotatable bonds is 8. The zero-order chi connectivity index (χ0) is 15.8. The third-order valence-corrected chi connectivity index (χ3v) is 3.83. The Kier molecular flexibility index (Phi) is 6.36. The van der Waals surface area contributed by atoms with Gasteiger partial charge in [-0.2, -0.15) is 0 Å². The van der Waals surface area contributed by atoms with Crippen LogP contribution in [-0.4, -0.2) is 29.1 Å². The molecule has 1 unspecified atom stereocenters. The average molecular weight is 320 g/mol. The van der Waals surface area contributed by atoms with Crippen molar-refractivity contribution in [2.24, 2.45) is 5.92 Å². The van der Waals surface area contributed by atoms with Gasteiger partial charge in [0, 0.05) is 24.1 Å². The number of hydrogen-bond acceptors (Lipinski definition) is 5. The maximum Gasteiger partial charge on any atom is 0.251 e. The first kappa shape index (κ1) is 16.5. The fourth-order valence-corrected chi connectivity index (χ4v) is 2.43. The van der Waals surface area contributed by atoms with Crippen LogP contribution in [0.2, 0.25) is 0 Å². The van der Waals surface area contributed by atoms with Crippen molar-refractivity contribution in [3.05, 3.63) is 46.4 Å². The molecule has 1 amide bonds. The largest absolute Gasteiger partial charge is 0.487 e. The maximum absolute atomic E-state index is 12.1. The van der Waals surface area contributed by atoms with Gasteiger partial charge in [-0.1, -0.05) is 13.0 Å². The van der Waals surface area contributed by atoms with Crippen LogP contribution in [0.1, 0.15) is 29.4 Å². The summed E-state index contributed by atoms with van der Waals surface area (Å²) in [6.07, 6.45) is 0.678. The van der Waals surface area contributed by atoms with Gasteiger partial charge >= 0.3 is 0 Å². The fraction of sp³-hybridized carbons (Fsp3) is 0.375. The molecule has 0 aliphatic rings. The number of aliphatic hydroxyl groups is 1. The standard InChI is InChI=1S/C16H20N2O3S/c1-12(5-6-19)8-17-16(20)13-3-2-4-15(7-13)21-9-14-10-22-11-18-14/h2-4,7,10-12,19H,5-6,8-9H2,1H3,(H,17,20). The fourth-order valence-electron chi connectivity index (χ4n) is 1.88. The lowest BCUT2D eigenvalue weighted by Gasteiger charge is -2.12. The molecule has 6 heteroatoms. The Hall–Kier alpha value is -1.92. The Balaban J connectivity index is 1.88. The van der Waals surface area contributed by atoms with Gasteiger partial charge in [-0.05, 0) is 30.5 Å². The predicted octanol–water partition coefficient (Wildman–Crippen LogP) is 2.47. The Bertz CT molecular complexity index is 587. The number of aliphatic hydroxyl groups excluding tert-OH is 1. The SMILES string of the molecule is CC(CCO)CNC(=O)c1cccc(OCc2cscn2)c1. The smallest absolute Gasteiger partial charge is 0.251 e. The molecule has 0 bridgehead atoms. The second-order valence-corrected chi connectivity index (χ2v) is 5.84. The topological polar surface area (TPSA) is 71.5 Å². The zero-order valence-corrected chi connectivity index (χ0v) is 13.3. The van der Waals surface area contributed by atoms with Gasteiger partial charge in [-0.25, -0.2) is 4.98 Å². The number of amides is 1. The number of aromatic nitrogens is 1. The molecule has 2 aromatic rings. The highest BCUT2D eigenvalue weighted by atomic mass is 32.1. The number of carbonyl (C=O) groups is 1. The molecule has 1 aromatic carbocycles. The number of ether oxygens (including phenoxy) is 1. The number of benzene rings is 1. The van der Waals surface area contributed by atoms with E-state index in [4.69, 9.17) is 9.84 Å². The molecule has 0 radical (unpaired) electrons. The third-order valence-electron chi connectivity index (χ3n) is 3.20. The van der Waals surface area contributed by atoms with E-state index in [0.717, 1.165) is 5.69 Å². The summed E-state index contributed by atoms with van der Waals surface area (Å²) in [6, 6.07) is 7.08. The van der Waals surface area contributed by atoms with E-state index in [9.17, 15) is 4.79 Å². The first-order valence-corrected chi connectivity index (χ1v) is 8.12. The van der Waals surface area contributed by atoms with Crippen LogP contribution in [0.15, 0.2) is 35.2 Å². The molecule has 0 saturated carbocycles. The highest BCUT2D eigenvalue weighted by molar-refractivity contribution is 7.07. The maximum atomic E-state index is 12.1. The van der Waals surface area contributed by atoms with Crippen molar-refractivity contribution < 1.29 is 14.6 Å². The third kappa shape index (κ3) is 5.13. The summed E-state index contributed by atoms with van der Waals surface area (Å²) < 4.78 is 5.64. The van der Waals surface area contributed by atoms with Gasteiger partial charge in [0.15, 0.2) is 0 Å². The molecule has 0 saturated heterocycles. The van der Waals surface area contributed by atoms with E-state index >= 15 is 0 Å². The second kappa shape index (κ2) is 8.51. The molecule has 1 aromatic heterocycles. The molecule has 0 aliphatic carbocycles. The minimum atomic E-state index is -0.135. The van der Waals surface area contributed by atoms with E-state index < -0.39 is 0 Å². The second-order valence-electron chi connectivity index (χ2n) is 5.12. The van der Waals surface area contributed by atoms with Gasteiger partial charge in [-0.3, -0.25) is 4.79 Å². The molecule has 2 rings (SSSR count). The predicted molar refractivity (Wildman–Crippen MR) is 86.1 cm³/mol. The monoisotopic (exact) mass is 320 g/mol. The van der Waals surface area contributed by atoms with E-state index in [1.54, 1.807) is 23.7 Å². The summed E-state index contributed by atoms with van der Waals surface area (Å²) in [5.41, 5.74) is 3.19. The van der Waals surface area contributed by atoms with Crippen LogP contribution in [-0.2, 0) is 6.61 Å². The van der Waals surface area contributed by atoms with E-state index in [0.29, 0.717) is 30.9 Å². The van der Waals surface area contributed by atoms with Crippen LogP contribution >= 0.6 is 11.3 Å². The molecule has 5 nitrogen and oxygen atoms in total. The van der Waals surface area contributed by atoms with E-state index in [1.807, 2.05) is 18.4 Å². The van der Waals surface area contributed by atoms with Crippen molar-refractivity contribution in [3.8, 4) is 5.75 Å². The lowest BCUT2D eigenvalue weighted by atomic mass is 10.1. The normalized spacial score (nSPS) is 11.9. The summed E-state index contributed by atoms with van der Waals surface area (Å²) in [6.45, 7) is 3.06. The molecule has 0 fully saturated rings. The lowest BCUT2D eigenvalue weighted by Crippen LogP contribution is -2.28. The number of carbonyl (C=O) groups excluding carboxylic acids is 1. The minimum absolute atomic E-state index is 0.135. The molecule has 1 atom stereocenters. The summed E-state index contributed by atoms with van der Waals surface area (Å²) in [7, 11) is 0. The summed E-state index contributed by atoms with van der Waals surface area (Å²) in [4.78, 5) is 16.2. The molecule has 2 N–H and O–H groups in total. The zero-order valence-electron chi connectivity index (χ0n) is 12.5. The number of nitrogens with one attached hydrogen (secondary N) is 1. The summed E-state index contributed by atoms with van der Waals surface area (Å²) >= 11 is 1.52. The van der Waals surface area contributed by atoms with Gasteiger partial charge in [0.1, 0.15) is 12.4 Å².